The number of benzene rings is 10. The summed E-state index contributed by atoms with van der Waals surface area (Å²) >= 11 is 0. The molecule has 1 aliphatic heterocycles. The van der Waals surface area contributed by atoms with Crippen molar-refractivity contribution in [1.29, 1.82) is 0 Å². The van der Waals surface area contributed by atoms with Gasteiger partial charge >= 0.3 is 100 Å². The van der Waals surface area contributed by atoms with E-state index in [1.807, 2.05) is 150 Å². The first-order chi connectivity index (χ1) is 63.0. The van der Waals surface area contributed by atoms with Gasteiger partial charge in [0.25, 0.3) is 12.0 Å². The Labute approximate surface area is 864 Å². The minimum atomic E-state index is -4.57. The Bertz CT molecular complexity index is 6260. The fourth-order valence-electron chi connectivity index (χ4n) is 15.3. The number of carbonyl (C=O) groups is 4. The number of phenolic OH excluding ortho intramolecular Hbond substituents is 4. The zero-order chi connectivity index (χ0) is 97.3. The molecule has 1 aliphatic rings. The summed E-state index contributed by atoms with van der Waals surface area (Å²) in [7, 11) is -4.57. The fraction of sp³-hybridized carbons (Fsp3) is 0.358. The summed E-state index contributed by atoms with van der Waals surface area (Å²) in [5, 5.41) is 87.3. The topological polar surface area (TPSA) is 391 Å². The average Bonchev–Trinajstić information content (AvgIpc) is 1.74. The van der Waals surface area contributed by atoms with Gasteiger partial charge in [0.2, 0.25) is 11.8 Å². The Kier molecular flexibility index (Phi) is 44.1. The maximum Gasteiger partial charge on any atom is 1.00 e. The van der Waals surface area contributed by atoms with Crippen LogP contribution in [0.5, 0.6) is 28.9 Å². The Morgan fingerprint density at radius 1 is 0.493 bits per heavy atom. The first-order valence-electron chi connectivity index (χ1n) is 45.1. The summed E-state index contributed by atoms with van der Waals surface area (Å²) < 4.78 is 34.4. The molecule has 0 bridgehead atoms. The number of aromatic nitrogens is 8. The number of fused-ring (bicyclic) bond motifs is 2. The fourth-order valence-corrected chi connectivity index (χ4v) is 15.8. The van der Waals surface area contributed by atoms with Crippen LogP contribution in [0.15, 0.2) is 221 Å². The van der Waals surface area contributed by atoms with E-state index in [1.165, 1.54) is 69.4 Å². The average molecular weight is 1900 g/mol. The number of unbranched alkanes of at least 4 members (excludes halogenated alkanes) is 9. The van der Waals surface area contributed by atoms with E-state index in [1.54, 1.807) is 33.9 Å². The zero-order valence-corrected chi connectivity index (χ0v) is 88.8. The second-order valence-electron chi connectivity index (χ2n) is 36.9. The molecule has 0 unspecified atom stereocenters. The van der Waals surface area contributed by atoms with E-state index in [0.29, 0.717) is 46.3 Å². The van der Waals surface area contributed by atoms with Crippen molar-refractivity contribution < 1.29 is 156 Å². The second kappa shape index (κ2) is 52.4. The van der Waals surface area contributed by atoms with E-state index in [-0.39, 0.29) is 148 Å². The third-order valence-corrected chi connectivity index (χ3v) is 24.5. The number of amides is 4. The van der Waals surface area contributed by atoms with Gasteiger partial charge < -0.3 is 40.2 Å². The molecule has 0 aliphatic carbocycles. The van der Waals surface area contributed by atoms with Crippen LogP contribution in [-0.4, -0.2) is 96.8 Å². The second-order valence-corrected chi connectivity index (χ2v) is 38.3. The molecule has 4 heterocycles. The molecule has 704 valence electrons. The molecule has 0 spiro atoms. The van der Waals surface area contributed by atoms with Gasteiger partial charge in [0, 0.05) is 29.7 Å². The van der Waals surface area contributed by atoms with E-state index in [9.17, 15) is 62.5 Å². The molecule has 3 aromatic heterocycles. The van der Waals surface area contributed by atoms with Gasteiger partial charge in [-0.1, -0.05) is 303 Å². The molecule has 136 heavy (non-hydrogen) atoms. The van der Waals surface area contributed by atoms with Gasteiger partial charge in [0.1, 0.15) is 62.4 Å². The number of nitrogens with one attached hydrogen (secondary N) is 2. The molecule has 0 atom stereocenters. The number of carbonyl (C=O) groups excluding carboxylic acids is 4. The van der Waals surface area contributed by atoms with E-state index >= 15 is 0 Å². The Balaban J connectivity index is 0.000000258. The van der Waals surface area contributed by atoms with Crippen LogP contribution in [0.1, 0.15) is 245 Å². The van der Waals surface area contributed by atoms with Crippen molar-refractivity contribution in [2.45, 2.75) is 247 Å². The third kappa shape index (κ3) is 31.6. The van der Waals surface area contributed by atoms with Crippen molar-refractivity contribution in [2.24, 2.45) is 5.92 Å². The van der Waals surface area contributed by atoms with Crippen molar-refractivity contribution in [1.82, 2.24) is 49.8 Å². The number of hydrogen-bond donors (Lipinski definition) is 6. The summed E-state index contributed by atoms with van der Waals surface area (Å²) in [5.74, 6) is -1.90. The van der Waals surface area contributed by atoms with Gasteiger partial charge in [0.15, 0.2) is 0 Å². The quantitative estimate of drug-likeness (QED) is 0.00388. The first kappa shape index (κ1) is 114. The molecule has 0 radical (unpaired) electrons. The predicted molar refractivity (Wildman–Crippen MR) is 514 cm³/mol. The zero-order valence-electron chi connectivity index (χ0n) is 82.0. The number of imide groups is 2. The number of phenols is 4. The molecule has 0 saturated carbocycles. The van der Waals surface area contributed by atoms with E-state index in [4.69, 9.17) is 10.1 Å². The van der Waals surface area contributed by atoms with Gasteiger partial charge in [-0.25, -0.2) is 9.59 Å². The van der Waals surface area contributed by atoms with Crippen LogP contribution in [0, 0.1) is 32.8 Å². The molecule has 6 N–H and O–H groups in total. The Hall–Kier alpha value is -10.4. The monoisotopic (exact) mass is 1890 g/mol. The smallest absolute Gasteiger partial charge is 0.859 e. The molecule has 1 fully saturated rings. The molecular formula is C106H124N10Na3O16S-. The molecule has 1 saturated heterocycles. The summed E-state index contributed by atoms with van der Waals surface area (Å²) in [6.45, 7) is 34.1. The molecule has 14 rings (SSSR count). The maximum atomic E-state index is 13.2. The third-order valence-electron chi connectivity index (χ3n) is 23.7. The van der Waals surface area contributed by atoms with Crippen molar-refractivity contribution in [2.75, 3.05) is 0 Å². The summed E-state index contributed by atoms with van der Waals surface area (Å²) in [6, 6.07) is 64.2. The van der Waals surface area contributed by atoms with Crippen molar-refractivity contribution in [3.05, 3.63) is 311 Å². The van der Waals surface area contributed by atoms with E-state index in [2.05, 4.69) is 166 Å². The van der Waals surface area contributed by atoms with Crippen LogP contribution >= 0.6 is 0 Å². The number of aromatic hydroxyl groups is 4. The number of rotatable bonds is 28. The summed E-state index contributed by atoms with van der Waals surface area (Å²) in [5.41, 5.74) is 15.8. The molecular weight excluding hydrogens is 1770 g/mol. The Morgan fingerprint density at radius 2 is 0.912 bits per heavy atom. The molecule has 4 amide bonds. The minimum Gasteiger partial charge on any atom is -0.859 e. The van der Waals surface area contributed by atoms with Gasteiger partial charge in [-0.15, -0.1) is 30.0 Å². The minimum absolute atomic E-state index is 0. The van der Waals surface area contributed by atoms with Crippen LogP contribution in [0.2, 0.25) is 0 Å². The van der Waals surface area contributed by atoms with Crippen molar-refractivity contribution in [3.8, 4) is 45.9 Å². The van der Waals surface area contributed by atoms with Crippen molar-refractivity contribution >= 4 is 56.5 Å². The Morgan fingerprint density at radius 3 is 1.34 bits per heavy atom. The van der Waals surface area contributed by atoms with Crippen LogP contribution < -0.4 is 121 Å². The number of barbiturate groups is 1. The maximum absolute atomic E-state index is 13.2. The molecule has 13 aromatic rings. The van der Waals surface area contributed by atoms with Gasteiger partial charge in [0.05, 0.1) is 16.7 Å². The van der Waals surface area contributed by atoms with Crippen molar-refractivity contribution in [3.63, 3.8) is 0 Å². The number of para-hydroxylation sites is 1. The number of aryl methyl sites for hydroxylation is 4. The van der Waals surface area contributed by atoms with Gasteiger partial charge in [-0.2, -0.15) is 29.8 Å². The van der Waals surface area contributed by atoms with Crippen LogP contribution in [-0.2, 0) is 83.3 Å². The van der Waals surface area contributed by atoms with E-state index in [0.717, 1.165) is 130 Å². The molecule has 26 nitrogen and oxygen atoms in total. The largest absolute Gasteiger partial charge is 1.00 e. The van der Waals surface area contributed by atoms with Gasteiger partial charge in [-0.3, -0.25) is 47.4 Å². The number of nitrogens with zero attached hydrogens (tertiary/aromatic N) is 8. The standard InChI is InChI=1S/C25H35N3O.C24H20N2O3.C23H32O2.C22H29N3O.C11H9N2O6S.CH2O3.3Na/c1-3-4-5-6-7-8-9-10-11-12-15-21-18-20(2)19-24(25(21)29)28-26-22-16-13-14-17-23(22)27-28;27-22-21(16-18-10-4-1-5-11-18)23(28)26(20-14-8-3-9-15-20)24(29)25(22)17-19-12-6-2-7-13-19;1-14-9-16(20(24)18(11-14)22(3,4)5)13-17-10-15(2)12-19(21(17)25)23(6,7)8;1-7-21(3,4)15-13-16(22(5,6)8-2)20(26)19(14-15)25-23-17-11-9-10-12-18(17)24-25;14-9-8(10(15)13-11(16)12-9)5-6-1-3-7(4-2-6)20(17,18)19;2-1-4-3;;;/h13-14,16-19,29H,3-12,15H2,1-2H3;1-15,28H,16-17H2;9-12,24-25H,13H2,1-8H3;9-14,26H,7-8H2,1-6H3;1,3-4,8H,5H2,(H,17,18,19)(H2,12,13,14,15,16);1,3H;;;/q;;;;-1;;3*+1/p-3. The van der Waals surface area contributed by atoms with Crippen LogP contribution in [0.4, 0.5) is 4.79 Å². The summed E-state index contributed by atoms with van der Waals surface area (Å²) in [4.78, 5) is 74.1. The SMILES string of the molecule is CCC(C)(C)c1cc(-n2nc3ccccc3n2)c(O)c(C(C)(C)CC)c1.CCCCCCCCCCCCc1cc(C)cc(-n2nc3ccccc3n2)c1O.Cc1cc(Cc2cc(C)cc(C(C)(C)C)c2O)c(O)c(C(C)(C)C)c1.O=C1NC(=O)C(Cc2[c-]cc(S(=O)(=O)[O-])cc2)C(=O)N1.O=CO[O-].O=c1c(Cc2ccccc2)c([O-])n(-c2ccccc2)c(=O)n1Cc1ccccc1.[Na+].[Na+].[Na+]. The number of urea groups is 1. The van der Waals surface area contributed by atoms with E-state index < -0.39 is 55.9 Å². The normalized spacial score (nSPS) is 12.1. The van der Waals surface area contributed by atoms with Gasteiger partial charge in [-0.05, 0) is 179 Å². The predicted octanol–water partition coefficient (Wildman–Crippen LogP) is 9.37. The molecule has 10 aromatic carbocycles. The molecule has 30 heteroatoms. The number of hydrogen-bond acceptors (Lipinski definition) is 20. The van der Waals surface area contributed by atoms with Crippen LogP contribution in [0.3, 0.4) is 0 Å². The summed E-state index contributed by atoms with van der Waals surface area (Å²) in [6.07, 6.45) is 16.7. The van der Waals surface area contributed by atoms with Crippen LogP contribution in [0.25, 0.3) is 39.1 Å². The first-order valence-corrected chi connectivity index (χ1v) is 46.5.